The van der Waals surface area contributed by atoms with Crippen LogP contribution in [0.4, 0.5) is 11.4 Å². The Balaban J connectivity index is -0.00000144. The number of ether oxygens (including phenoxy) is 7. The van der Waals surface area contributed by atoms with Crippen LogP contribution in [0.25, 0.3) is 0 Å². The molecule has 0 bridgehead atoms. The molecule has 6 atom stereocenters. The third kappa shape index (κ3) is 51.4. The van der Waals surface area contributed by atoms with E-state index in [1.807, 2.05) is 222 Å². The van der Waals surface area contributed by atoms with Crippen LogP contribution in [0.5, 0.6) is 0 Å². The molecule has 135 heavy (non-hydrogen) atoms. The summed E-state index contributed by atoms with van der Waals surface area (Å²) in [5.74, 6) is -3.09. The summed E-state index contributed by atoms with van der Waals surface area (Å²) in [5, 5.41) is 25.2. The van der Waals surface area contributed by atoms with Crippen molar-refractivity contribution in [1.29, 1.82) is 0 Å². The number of carbonyl (C=O) groups is 13. The highest BCUT2D eigenvalue weighted by Crippen LogP contribution is 2.33. The Labute approximate surface area is 810 Å². The molecule has 2 saturated heterocycles. The highest BCUT2D eigenvalue weighted by molar-refractivity contribution is 6.22. The Morgan fingerprint density at radius 3 is 0.904 bits per heavy atom. The van der Waals surface area contributed by atoms with Crippen LogP contribution in [0.2, 0.25) is 0 Å². The molecule has 0 aliphatic carbocycles. The Bertz CT molecular complexity index is 4000. The second-order valence-electron chi connectivity index (χ2n) is 38.3. The molecule has 2 aliphatic heterocycles. The third-order valence-electron chi connectivity index (χ3n) is 24.6. The van der Waals surface area contributed by atoms with Crippen molar-refractivity contribution in [3.63, 3.8) is 0 Å². The molecular formula is C110H172N2O23. The van der Waals surface area contributed by atoms with Crippen LogP contribution < -0.4 is 9.80 Å². The zero-order valence-corrected chi connectivity index (χ0v) is 87.8. The maximum atomic E-state index is 11.8. The Morgan fingerprint density at radius 2 is 0.630 bits per heavy atom. The summed E-state index contributed by atoms with van der Waals surface area (Å²) in [6, 6.07) is 48.2. The SMILES string of the molecule is CC1C(=O)N(c2ccccc2)C(=O)C1C.CC1C(=O)N(c2ccccc2)C(=O)C1C.CCC(C)(C)C(=O)O.CCC(C)(C)C(=O)OCCO.CCC(C)(C)C(=O)OCCOC(=O)CCCC(=O)O.CCC(C)(C)C(=O)OCc1ccccc1.CCC(C)(C)C(=O)OCc1ccccc1.CCC(C)c1ccccc1.CCCCC(CC)COC(=O)C(C)(C)CC.CCCOC(=O)C(C)(C)CC. The highest BCUT2D eigenvalue weighted by atomic mass is 16.6. The zero-order valence-electron chi connectivity index (χ0n) is 87.8. The molecule has 5 aromatic rings. The summed E-state index contributed by atoms with van der Waals surface area (Å²) in [7, 11) is 0. The molecule has 3 N–H and O–H groups in total. The minimum atomic E-state index is -0.941. The van der Waals surface area contributed by atoms with E-state index >= 15 is 0 Å². The van der Waals surface area contributed by atoms with Gasteiger partial charge >= 0.3 is 53.7 Å². The molecule has 0 spiro atoms. The number of carboxylic acid groups (broad SMARTS) is 2. The van der Waals surface area contributed by atoms with Crippen molar-refractivity contribution in [2.75, 3.05) is 49.4 Å². The smallest absolute Gasteiger partial charge is 0.311 e. The van der Waals surface area contributed by atoms with Crippen LogP contribution in [0, 0.1) is 67.5 Å². The molecule has 25 heteroatoms. The lowest BCUT2D eigenvalue weighted by Crippen LogP contribution is -2.30. The number of aliphatic hydroxyl groups excluding tert-OH is 1. The molecule has 2 aliphatic rings. The maximum absolute atomic E-state index is 11.8. The fraction of sp³-hybridized carbons (Fsp3) is 0.609. The van der Waals surface area contributed by atoms with Gasteiger partial charge in [0.15, 0.2) is 0 Å². The quantitative estimate of drug-likeness (QED) is 0.0142. The number of hydrogen-bond donors (Lipinski definition) is 3. The van der Waals surface area contributed by atoms with Gasteiger partial charge in [0.2, 0.25) is 23.6 Å². The first-order valence-corrected chi connectivity index (χ1v) is 48.3. The summed E-state index contributed by atoms with van der Waals surface area (Å²) in [6.07, 6.45) is 12.4. The molecule has 5 aromatic carbocycles. The highest BCUT2D eigenvalue weighted by Gasteiger charge is 2.44. The molecule has 4 amide bonds. The molecule has 2 heterocycles. The molecule has 2 fully saturated rings. The van der Waals surface area contributed by atoms with Crippen LogP contribution >= 0.6 is 0 Å². The van der Waals surface area contributed by atoms with Gasteiger partial charge in [0.25, 0.3) is 0 Å². The van der Waals surface area contributed by atoms with Crippen molar-refractivity contribution in [1.82, 2.24) is 0 Å². The number of rotatable bonds is 39. The van der Waals surface area contributed by atoms with Crippen molar-refractivity contribution in [2.24, 2.45) is 67.5 Å². The number of unbranched alkanes of at least 4 members (excludes halogenated alkanes) is 1. The van der Waals surface area contributed by atoms with Gasteiger partial charge in [0.05, 0.1) is 69.1 Å². The van der Waals surface area contributed by atoms with Crippen LogP contribution in [0.15, 0.2) is 152 Å². The van der Waals surface area contributed by atoms with Crippen LogP contribution in [0.3, 0.4) is 0 Å². The minimum Gasteiger partial charge on any atom is -0.481 e. The van der Waals surface area contributed by atoms with Gasteiger partial charge in [0.1, 0.15) is 33.0 Å². The van der Waals surface area contributed by atoms with Gasteiger partial charge in [-0.15, -0.1) is 0 Å². The molecule has 6 unspecified atom stereocenters. The van der Waals surface area contributed by atoms with E-state index in [4.69, 9.17) is 48.5 Å². The second kappa shape index (κ2) is 67.7. The fourth-order valence-corrected chi connectivity index (χ4v) is 10.4. The van der Waals surface area contributed by atoms with Crippen LogP contribution in [-0.2, 0) is 109 Å². The van der Waals surface area contributed by atoms with E-state index in [9.17, 15) is 62.3 Å². The summed E-state index contributed by atoms with van der Waals surface area (Å²) < 4.78 is 35.5. The summed E-state index contributed by atoms with van der Waals surface area (Å²) in [4.78, 5) is 151. The summed E-state index contributed by atoms with van der Waals surface area (Å²) >= 11 is 0. The number of benzene rings is 5. The van der Waals surface area contributed by atoms with Gasteiger partial charge in [-0.3, -0.25) is 72.1 Å². The Morgan fingerprint density at radius 1 is 0.341 bits per heavy atom. The third-order valence-corrected chi connectivity index (χ3v) is 24.6. The standard InChI is InChI=1S/C14H28O2.C13H22O6.2C13H18O2.2C12H13NO2.C10H14.C9H18O2.C8H16O3.C6H12O2/c1-6-9-10-12(7-2)11-16-13(15)14(4,5)8-3;1-4-13(2,3)12(17)19-9-8-18-11(16)7-5-6-10(14)15;2*1-4-13(2,3)12(14)15-10-11-8-6-5-7-9-11;2*1-8-9(2)12(15)13(11(8)14)10-6-4-3-5-7-10;1-3-9(2)10-7-5-4-6-8-10;1-5-7-11-8(10)9(3,4)6-2;1-4-8(2,3)7(10)11-6-5-9;1-4-6(2,3)5(7)8/h12H,6-11H2,1-5H3;4-9H2,1-3H3,(H,14,15);2*5-9H,4,10H2,1-3H3;2*3-9H,1-2H3;4-9H,3H2,1-2H3;5-7H2,1-4H3;9H,4-6H2,1-3H3;4H2,1-3H3,(H,7,8). The van der Waals surface area contributed by atoms with Gasteiger partial charge < -0.3 is 48.5 Å². The number of imide groups is 2. The normalized spacial score (nSPS) is 14.9. The van der Waals surface area contributed by atoms with Gasteiger partial charge in [-0.1, -0.05) is 257 Å². The lowest BCUT2D eigenvalue weighted by molar-refractivity contribution is -0.159. The van der Waals surface area contributed by atoms with Crippen LogP contribution in [-0.4, -0.2) is 132 Å². The van der Waals surface area contributed by atoms with E-state index in [1.165, 1.54) is 41.0 Å². The van der Waals surface area contributed by atoms with Crippen molar-refractivity contribution in [3.8, 4) is 0 Å². The average Bonchev–Trinajstić information content (AvgIpc) is 1.65. The monoisotopic (exact) mass is 1890 g/mol. The second-order valence-corrected chi connectivity index (χ2v) is 38.3. The van der Waals surface area contributed by atoms with Gasteiger partial charge in [-0.2, -0.15) is 0 Å². The molecule has 7 rings (SSSR count). The summed E-state index contributed by atoms with van der Waals surface area (Å²) in [5.41, 5.74) is 1.94. The first kappa shape index (κ1) is 129. The van der Waals surface area contributed by atoms with Gasteiger partial charge in [0, 0.05) is 36.5 Å². The molecule has 0 saturated carbocycles. The number of carbonyl (C=O) groups excluding carboxylic acids is 11. The van der Waals surface area contributed by atoms with E-state index in [1.54, 1.807) is 79.7 Å². The van der Waals surface area contributed by atoms with E-state index in [0.717, 1.165) is 56.1 Å². The number of nitrogens with zero attached hydrogens (tertiary/aromatic N) is 2. The first-order valence-electron chi connectivity index (χ1n) is 48.3. The lowest BCUT2D eigenvalue weighted by atomic mass is 9.90. The largest absolute Gasteiger partial charge is 0.481 e. The van der Waals surface area contributed by atoms with E-state index in [0.29, 0.717) is 62.5 Å². The lowest BCUT2D eigenvalue weighted by Gasteiger charge is -2.22. The Kier molecular flexibility index (Phi) is 64.6. The fourth-order valence-electron chi connectivity index (χ4n) is 10.4. The molecular weight excluding hydrogens is 1720 g/mol. The first-order chi connectivity index (χ1) is 63.1. The van der Waals surface area contributed by atoms with E-state index < -0.39 is 34.2 Å². The number of esters is 7. The van der Waals surface area contributed by atoms with Gasteiger partial charge in [-0.05, 0) is 220 Å². The predicted octanol–water partition coefficient (Wildman–Crippen LogP) is 24.0. The zero-order chi connectivity index (χ0) is 104. The predicted molar refractivity (Wildman–Crippen MR) is 535 cm³/mol. The number of aliphatic hydroxyl groups is 1. The minimum absolute atomic E-state index is 0.00254. The van der Waals surface area contributed by atoms with E-state index in [-0.39, 0.29) is 150 Å². The van der Waals surface area contributed by atoms with E-state index in [2.05, 4.69) is 58.0 Å². The Hall–Kier alpha value is -10.4. The number of carboxylic acids is 2. The number of anilines is 2. The molecule has 0 aromatic heterocycles. The summed E-state index contributed by atoms with van der Waals surface area (Å²) in [6.45, 7) is 59.6. The molecule has 760 valence electrons. The number of aliphatic carboxylic acids is 2. The topological polar surface area (TPSA) is 354 Å². The number of hydrogen-bond acceptors (Lipinski definition) is 21. The van der Waals surface area contributed by atoms with Crippen molar-refractivity contribution < 1.29 is 111 Å². The van der Waals surface area contributed by atoms with Crippen LogP contribution in [0.1, 0.15) is 333 Å². The van der Waals surface area contributed by atoms with Crippen molar-refractivity contribution >= 4 is 88.7 Å². The molecule has 25 nitrogen and oxygen atoms in total. The number of para-hydroxylation sites is 2. The molecule has 0 radical (unpaired) electrons. The average molecular weight is 1890 g/mol. The van der Waals surface area contributed by atoms with Crippen molar-refractivity contribution in [2.45, 2.75) is 330 Å². The van der Waals surface area contributed by atoms with Gasteiger partial charge in [-0.25, -0.2) is 0 Å². The van der Waals surface area contributed by atoms with Crippen molar-refractivity contribution in [3.05, 3.63) is 168 Å². The number of amides is 4. The maximum Gasteiger partial charge on any atom is 0.311 e.